The van der Waals surface area contributed by atoms with Gasteiger partial charge in [0.15, 0.2) is 11.6 Å². The fourth-order valence-electron chi connectivity index (χ4n) is 2.46. The van der Waals surface area contributed by atoms with E-state index in [0.29, 0.717) is 11.3 Å². The van der Waals surface area contributed by atoms with Gasteiger partial charge in [-0.25, -0.2) is 13.8 Å². The third-order valence-electron chi connectivity index (χ3n) is 3.47. The summed E-state index contributed by atoms with van der Waals surface area (Å²) in [4.78, 5) is 4.08. The van der Waals surface area contributed by atoms with Gasteiger partial charge in [-0.2, -0.15) is 5.10 Å². The maximum atomic E-state index is 13.6. The van der Waals surface area contributed by atoms with E-state index in [2.05, 4.69) is 17.0 Å². The summed E-state index contributed by atoms with van der Waals surface area (Å²) < 4.78 is 30.6. The van der Waals surface area contributed by atoms with E-state index in [1.165, 1.54) is 6.07 Å². The smallest absolute Gasteiger partial charge is 0.159 e. The highest BCUT2D eigenvalue weighted by Gasteiger charge is 2.20. The first-order valence-corrected chi connectivity index (χ1v) is 8.46. The first-order chi connectivity index (χ1) is 11.2. The summed E-state index contributed by atoms with van der Waals surface area (Å²) in [6.07, 6.45) is 8.07. The molecule has 7 heteroatoms. The Morgan fingerprint density at radius 1 is 1.22 bits per heavy atom. The lowest BCUT2D eigenvalue weighted by Crippen LogP contribution is -2.01. The molecule has 120 valence electrons. The molecule has 0 amide bonds. The molecule has 0 unspecified atom stereocenters. The molecule has 4 nitrogen and oxygen atoms in total. The van der Waals surface area contributed by atoms with Gasteiger partial charge >= 0.3 is 0 Å². The third-order valence-corrected chi connectivity index (χ3v) is 4.26. The Balaban J connectivity index is 2.24. The average Bonchev–Trinajstić information content (AvgIpc) is 3.17. The highest BCUT2D eigenvalue weighted by molar-refractivity contribution is 7.98. The second-order valence-corrected chi connectivity index (χ2v) is 5.82. The van der Waals surface area contributed by atoms with Crippen molar-refractivity contribution < 1.29 is 8.78 Å². The monoisotopic (exact) mass is 334 g/mol. The van der Waals surface area contributed by atoms with Crippen LogP contribution < -0.4 is 0 Å². The van der Waals surface area contributed by atoms with Gasteiger partial charge < -0.3 is 4.57 Å². The van der Waals surface area contributed by atoms with Crippen LogP contribution >= 0.6 is 11.8 Å². The molecule has 0 spiro atoms. The number of rotatable bonds is 5. The van der Waals surface area contributed by atoms with Crippen LogP contribution in [0.25, 0.3) is 16.9 Å². The van der Waals surface area contributed by atoms with E-state index in [1.54, 1.807) is 30.4 Å². The summed E-state index contributed by atoms with van der Waals surface area (Å²) in [6.45, 7) is 2.82. The Hall–Kier alpha value is -2.15. The van der Waals surface area contributed by atoms with Crippen molar-refractivity contribution in [1.29, 1.82) is 0 Å². The molecule has 0 saturated carbocycles. The number of imidazole rings is 1. The second kappa shape index (κ2) is 6.54. The molecule has 0 atom stereocenters. The van der Waals surface area contributed by atoms with Crippen molar-refractivity contribution in [3.8, 4) is 16.9 Å². The van der Waals surface area contributed by atoms with Gasteiger partial charge in [0.25, 0.3) is 0 Å². The molecule has 0 aliphatic carbocycles. The van der Waals surface area contributed by atoms with Gasteiger partial charge in [-0.05, 0) is 30.9 Å². The van der Waals surface area contributed by atoms with Crippen LogP contribution in [0.15, 0.2) is 41.9 Å². The highest BCUT2D eigenvalue weighted by Crippen LogP contribution is 2.34. The van der Waals surface area contributed by atoms with Crippen LogP contribution in [0.4, 0.5) is 8.78 Å². The van der Waals surface area contributed by atoms with Crippen LogP contribution in [-0.2, 0) is 6.54 Å². The minimum atomic E-state index is -0.880. The summed E-state index contributed by atoms with van der Waals surface area (Å²) in [5.41, 5.74) is 1.98. The number of thioether (sulfide) groups is 1. The first-order valence-electron chi connectivity index (χ1n) is 7.24. The Bertz CT molecular complexity index is 812. The van der Waals surface area contributed by atoms with Crippen molar-refractivity contribution in [2.24, 2.45) is 0 Å². The van der Waals surface area contributed by atoms with Crippen LogP contribution in [0, 0.1) is 11.6 Å². The lowest BCUT2D eigenvalue weighted by Gasteiger charge is -2.07. The van der Waals surface area contributed by atoms with E-state index in [0.717, 1.165) is 29.7 Å². The zero-order valence-electron chi connectivity index (χ0n) is 12.8. The fourth-order valence-corrected chi connectivity index (χ4v) is 3.20. The molecule has 3 aromatic rings. The highest BCUT2D eigenvalue weighted by atomic mass is 32.2. The van der Waals surface area contributed by atoms with Crippen molar-refractivity contribution in [3.05, 3.63) is 48.6 Å². The Morgan fingerprint density at radius 3 is 2.65 bits per heavy atom. The number of hydrogen-bond acceptors (Lipinski definition) is 3. The Morgan fingerprint density at radius 2 is 2.04 bits per heavy atom. The fraction of sp³-hybridized carbons (Fsp3) is 0.250. The molecule has 2 aromatic heterocycles. The molecular weight excluding hydrogens is 318 g/mol. The van der Waals surface area contributed by atoms with Crippen LogP contribution in [0.3, 0.4) is 0 Å². The summed E-state index contributed by atoms with van der Waals surface area (Å²) in [7, 11) is 0. The molecule has 0 fully saturated rings. The molecule has 0 N–H and O–H groups in total. The van der Waals surface area contributed by atoms with Crippen molar-refractivity contribution in [2.75, 3.05) is 6.26 Å². The van der Waals surface area contributed by atoms with Crippen molar-refractivity contribution in [1.82, 2.24) is 19.3 Å². The van der Waals surface area contributed by atoms with Gasteiger partial charge in [0.2, 0.25) is 0 Å². The van der Waals surface area contributed by atoms with Crippen LogP contribution in [0.5, 0.6) is 0 Å². The summed E-state index contributed by atoms with van der Waals surface area (Å²) >= 11 is 1.57. The van der Waals surface area contributed by atoms with E-state index >= 15 is 0 Å². The molecule has 0 radical (unpaired) electrons. The molecule has 0 saturated heterocycles. The lowest BCUT2D eigenvalue weighted by atomic mass is 10.1. The maximum absolute atomic E-state index is 13.6. The van der Waals surface area contributed by atoms with E-state index in [9.17, 15) is 8.78 Å². The zero-order chi connectivity index (χ0) is 16.4. The lowest BCUT2D eigenvalue weighted by molar-refractivity contribution is 0.509. The Labute approximate surface area is 137 Å². The Kier molecular flexibility index (Phi) is 4.47. The minimum Gasteiger partial charge on any atom is -0.302 e. The summed E-state index contributed by atoms with van der Waals surface area (Å²) in [5, 5.41) is 5.59. The molecule has 0 aliphatic rings. The van der Waals surface area contributed by atoms with E-state index < -0.39 is 11.6 Å². The zero-order valence-corrected chi connectivity index (χ0v) is 13.6. The second-order valence-electron chi connectivity index (χ2n) is 5.03. The number of benzene rings is 1. The first kappa shape index (κ1) is 15.7. The molecule has 23 heavy (non-hydrogen) atoms. The van der Waals surface area contributed by atoms with Gasteiger partial charge in [-0.1, -0.05) is 6.92 Å². The molecular formula is C16H16F2N4S. The van der Waals surface area contributed by atoms with Crippen LogP contribution in [-0.4, -0.2) is 25.6 Å². The molecule has 3 rings (SSSR count). The minimum absolute atomic E-state index is 0.540. The van der Waals surface area contributed by atoms with Gasteiger partial charge in [0, 0.05) is 24.5 Å². The summed E-state index contributed by atoms with van der Waals surface area (Å²) in [6, 6.07) is 3.85. The summed E-state index contributed by atoms with van der Waals surface area (Å²) in [5.74, 6) is -1.74. The van der Waals surface area contributed by atoms with Crippen molar-refractivity contribution >= 4 is 11.8 Å². The van der Waals surface area contributed by atoms with Gasteiger partial charge in [-0.15, -0.1) is 11.8 Å². The van der Waals surface area contributed by atoms with Gasteiger partial charge in [-0.3, -0.25) is 4.68 Å². The van der Waals surface area contributed by atoms with E-state index in [1.807, 2.05) is 21.7 Å². The predicted molar refractivity (Wildman–Crippen MR) is 86.8 cm³/mol. The van der Waals surface area contributed by atoms with Crippen molar-refractivity contribution in [2.45, 2.75) is 24.9 Å². The molecule has 0 aliphatic heterocycles. The predicted octanol–water partition coefficient (Wildman–Crippen LogP) is 4.15. The van der Waals surface area contributed by atoms with Crippen LogP contribution in [0.1, 0.15) is 13.3 Å². The number of nitrogens with zero attached hydrogens (tertiary/aromatic N) is 4. The topological polar surface area (TPSA) is 35.6 Å². The largest absolute Gasteiger partial charge is 0.302 e. The van der Waals surface area contributed by atoms with Gasteiger partial charge in [0.05, 0.1) is 6.33 Å². The van der Waals surface area contributed by atoms with Crippen LogP contribution in [0.2, 0.25) is 0 Å². The molecule has 2 heterocycles. The standard InChI is InChI=1S/C16H16F2N4S/c1-3-7-22-16(23-2)15(21-8-6-19-10-21)14(20-22)11-4-5-12(17)13(18)9-11/h4-6,8-10H,3,7H2,1-2H3. The third kappa shape index (κ3) is 2.88. The van der Waals surface area contributed by atoms with Crippen molar-refractivity contribution in [3.63, 3.8) is 0 Å². The normalized spacial score (nSPS) is 11.1. The number of aryl methyl sites for hydroxylation is 1. The average molecular weight is 334 g/mol. The SMILES string of the molecule is CCCn1nc(-c2ccc(F)c(F)c2)c(-n2ccnc2)c1SC. The molecule has 1 aromatic carbocycles. The number of halogens is 2. The number of aromatic nitrogens is 4. The quantitative estimate of drug-likeness (QED) is 0.658. The molecule has 0 bridgehead atoms. The van der Waals surface area contributed by atoms with E-state index in [-0.39, 0.29) is 0 Å². The van der Waals surface area contributed by atoms with Gasteiger partial charge in [0.1, 0.15) is 16.4 Å². The number of hydrogen-bond donors (Lipinski definition) is 0. The van der Waals surface area contributed by atoms with E-state index in [4.69, 9.17) is 0 Å². The maximum Gasteiger partial charge on any atom is 0.159 e.